The van der Waals surface area contributed by atoms with E-state index < -0.39 is 0 Å². The molecular weight excluding hydrogens is 456 g/mol. The van der Waals surface area contributed by atoms with Gasteiger partial charge in [0.25, 0.3) is 0 Å². The first-order chi connectivity index (χ1) is 17.7. The van der Waals surface area contributed by atoms with E-state index in [2.05, 4.69) is 75.9 Å². The average Bonchev–Trinajstić information content (AvgIpc) is 2.88. The van der Waals surface area contributed by atoms with Gasteiger partial charge in [-0.15, -0.1) is 0 Å². The van der Waals surface area contributed by atoms with Crippen molar-refractivity contribution in [2.24, 2.45) is 0 Å². The second-order valence-electron chi connectivity index (χ2n) is 10.1. The summed E-state index contributed by atoms with van der Waals surface area (Å²) < 4.78 is 0. The predicted molar refractivity (Wildman–Crippen MR) is 163 cm³/mol. The molecule has 0 radical (unpaired) electrons. The minimum Gasteiger partial charge on any atom is -0.354 e. The van der Waals surface area contributed by atoms with Crippen molar-refractivity contribution in [3.05, 3.63) is 29.8 Å². The van der Waals surface area contributed by atoms with Gasteiger partial charge in [0.05, 0.1) is 0 Å². The Hall–Kier alpha value is -2.37. The highest BCUT2D eigenvalue weighted by Gasteiger charge is 2.07. The van der Waals surface area contributed by atoms with Crippen LogP contribution in [0.1, 0.15) is 130 Å². The number of nitrogens with one attached hydrogen (secondary N) is 3. The van der Waals surface area contributed by atoms with Crippen LogP contribution in [0.2, 0.25) is 0 Å². The van der Waals surface area contributed by atoms with Crippen molar-refractivity contribution >= 4 is 23.5 Å². The monoisotopic (exact) mass is 512 g/mol. The van der Waals surface area contributed by atoms with Gasteiger partial charge in [-0.2, -0.15) is 15.0 Å². The molecule has 6 heteroatoms. The molecule has 0 aliphatic carbocycles. The highest BCUT2D eigenvalue weighted by atomic mass is 15.3. The molecule has 1 aromatic heterocycles. The number of aromatic nitrogens is 3. The lowest BCUT2D eigenvalue weighted by molar-refractivity contribution is 0.580. The van der Waals surface area contributed by atoms with Crippen LogP contribution in [0.5, 0.6) is 0 Å². The van der Waals surface area contributed by atoms with Gasteiger partial charge in [-0.1, -0.05) is 129 Å². The van der Waals surface area contributed by atoms with Crippen molar-refractivity contribution < 1.29 is 0 Å². The third-order valence-electron chi connectivity index (χ3n) is 6.57. The molecule has 0 unspecified atom stereocenters. The van der Waals surface area contributed by atoms with E-state index in [9.17, 15) is 0 Å². The van der Waals surface area contributed by atoms with Gasteiger partial charge in [-0.25, -0.2) is 0 Å². The summed E-state index contributed by atoms with van der Waals surface area (Å²) in [5.41, 5.74) is 2.21. The molecular formula is C31H56N6. The van der Waals surface area contributed by atoms with Crippen molar-refractivity contribution in [1.29, 1.82) is 0 Å². The fourth-order valence-electron chi connectivity index (χ4n) is 4.27. The number of unbranched alkanes of at least 4 members (excludes halogenated alkanes) is 14. The van der Waals surface area contributed by atoms with Gasteiger partial charge < -0.3 is 16.0 Å². The van der Waals surface area contributed by atoms with Crippen LogP contribution >= 0.6 is 0 Å². The van der Waals surface area contributed by atoms with Gasteiger partial charge >= 0.3 is 0 Å². The van der Waals surface area contributed by atoms with Crippen LogP contribution in [-0.2, 0) is 0 Å². The molecule has 0 atom stereocenters. The summed E-state index contributed by atoms with van der Waals surface area (Å²) in [4.78, 5) is 13.9. The molecule has 1 aromatic carbocycles. The smallest absolute Gasteiger partial charge is 0.233 e. The molecule has 0 spiro atoms. The average molecular weight is 513 g/mol. The van der Waals surface area contributed by atoms with Crippen molar-refractivity contribution in [1.82, 2.24) is 15.0 Å². The maximum atomic E-state index is 4.64. The molecule has 0 aliphatic heterocycles. The third-order valence-corrected chi connectivity index (χ3v) is 6.57. The summed E-state index contributed by atoms with van der Waals surface area (Å²) in [6, 6.07) is 8.29. The largest absolute Gasteiger partial charge is 0.354 e. The lowest BCUT2D eigenvalue weighted by Gasteiger charge is -2.12. The summed E-state index contributed by atoms with van der Waals surface area (Å²) in [7, 11) is 0. The second kappa shape index (κ2) is 21.7. The maximum Gasteiger partial charge on any atom is 0.233 e. The summed E-state index contributed by atoms with van der Waals surface area (Å²) in [6.07, 6.45) is 21.0. The summed E-state index contributed by atoms with van der Waals surface area (Å²) in [5, 5.41) is 10.2. The van der Waals surface area contributed by atoms with Crippen LogP contribution < -0.4 is 16.0 Å². The van der Waals surface area contributed by atoms with Crippen molar-refractivity contribution in [2.45, 2.75) is 131 Å². The highest BCUT2D eigenvalue weighted by Crippen LogP contribution is 2.17. The number of rotatable bonds is 22. The Morgan fingerprint density at radius 1 is 0.514 bits per heavy atom. The van der Waals surface area contributed by atoms with E-state index in [0.29, 0.717) is 17.8 Å². The summed E-state index contributed by atoms with van der Waals surface area (Å²) >= 11 is 0. The number of aryl methyl sites for hydroxylation is 1. The Bertz CT molecular complexity index is 753. The first kappa shape index (κ1) is 32.7. The van der Waals surface area contributed by atoms with E-state index in [0.717, 1.165) is 31.6 Å². The number of hydrogen-bond acceptors (Lipinski definition) is 6. The van der Waals surface area contributed by atoms with E-state index in [-0.39, 0.29) is 7.43 Å². The molecule has 2 rings (SSSR count). The van der Waals surface area contributed by atoms with Gasteiger partial charge in [0.15, 0.2) is 0 Å². The maximum absolute atomic E-state index is 4.64. The fraction of sp³-hybridized carbons (Fsp3) is 0.710. The van der Waals surface area contributed by atoms with Crippen LogP contribution in [-0.4, -0.2) is 28.0 Å². The fourth-order valence-corrected chi connectivity index (χ4v) is 4.27. The van der Waals surface area contributed by atoms with Crippen molar-refractivity contribution in [3.63, 3.8) is 0 Å². The quantitative estimate of drug-likeness (QED) is 0.136. The molecule has 0 saturated carbocycles. The van der Waals surface area contributed by atoms with Crippen molar-refractivity contribution in [3.8, 4) is 0 Å². The molecule has 2 aromatic rings. The van der Waals surface area contributed by atoms with Gasteiger partial charge in [-0.05, 0) is 31.9 Å². The van der Waals surface area contributed by atoms with Crippen LogP contribution in [0, 0.1) is 6.92 Å². The zero-order valence-electron chi connectivity index (χ0n) is 23.4. The number of nitrogens with zero attached hydrogens (tertiary/aromatic N) is 3. The Balaban J connectivity index is 0.00000684. The van der Waals surface area contributed by atoms with Crippen molar-refractivity contribution in [2.75, 3.05) is 29.0 Å². The van der Waals surface area contributed by atoms with Crippen LogP contribution in [0.3, 0.4) is 0 Å². The van der Waals surface area contributed by atoms with E-state index in [4.69, 9.17) is 0 Å². The van der Waals surface area contributed by atoms with Gasteiger partial charge in [0.2, 0.25) is 17.8 Å². The second-order valence-corrected chi connectivity index (χ2v) is 10.1. The number of anilines is 4. The lowest BCUT2D eigenvalue weighted by atomic mass is 10.1. The van der Waals surface area contributed by atoms with E-state index in [1.165, 1.54) is 95.5 Å². The normalized spacial score (nSPS) is 10.7. The Morgan fingerprint density at radius 3 is 1.32 bits per heavy atom. The first-order valence-electron chi connectivity index (χ1n) is 14.8. The number of hydrogen-bond donors (Lipinski definition) is 3. The lowest BCUT2D eigenvalue weighted by Crippen LogP contribution is -2.12. The Kier molecular flexibility index (Phi) is 19.1. The molecule has 3 N–H and O–H groups in total. The zero-order chi connectivity index (χ0) is 25.7. The Labute approximate surface area is 228 Å². The highest BCUT2D eigenvalue weighted by molar-refractivity contribution is 5.56. The van der Waals surface area contributed by atoms with Crippen LogP contribution in [0.4, 0.5) is 23.5 Å². The van der Waals surface area contributed by atoms with Gasteiger partial charge in [-0.3, -0.25) is 0 Å². The first-order valence-corrected chi connectivity index (χ1v) is 14.8. The standard InChI is InChI=1S/C30H52N6.CH4/c1-4-6-8-10-12-14-16-18-24-31-28-34-29(32-25-19-17-15-13-11-9-7-5-2)36-30(35-28)33-27-22-20-26(3)21-23-27;/h20-23H,4-19,24-25H2,1-3H3,(H3,31,32,33,34,35,36);1H4. The molecule has 6 nitrogen and oxygen atoms in total. The minimum atomic E-state index is 0. The topological polar surface area (TPSA) is 74.8 Å². The van der Waals surface area contributed by atoms with E-state index in [1.807, 2.05) is 0 Å². The third kappa shape index (κ3) is 16.2. The molecule has 0 bridgehead atoms. The van der Waals surface area contributed by atoms with Gasteiger partial charge in [0, 0.05) is 18.8 Å². The molecule has 210 valence electrons. The number of benzene rings is 1. The summed E-state index contributed by atoms with van der Waals surface area (Å²) in [6.45, 7) is 8.41. The van der Waals surface area contributed by atoms with E-state index >= 15 is 0 Å². The van der Waals surface area contributed by atoms with E-state index in [1.54, 1.807) is 0 Å². The van der Waals surface area contributed by atoms with Crippen LogP contribution in [0.15, 0.2) is 24.3 Å². The molecule has 1 heterocycles. The minimum absolute atomic E-state index is 0. The molecule has 0 saturated heterocycles. The van der Waals surface area contributed by atoms with Crippen LogP contribution in [0.25, 0.3) is 0 Å². The predicted octanol–water partition coefficient (Wildman–Crippen LogP) is 9.66. The molecule has 0 aliphatic rings. The molecule has 37 heavy (non-hydrogen) atoms. The molecule has 0 amide bonds. The van der Waals surface area contributed by atoms with Gasteiger partial charge in [0.1, 0.15) is 0 Å². The zero-order valence-corrected chi connectivity index (χ0v) is 23.4. The molecule has 0 fully saturated rings. The SMILES string of the molecule is C.CCCCCCCCCCNc1nc(NCCCCCCCCCC)nc(Nc2ccc(C)cc2)n1. The Morgan fingerprint density at radius 2 is 0.892 bits per heavy atom. The summed E-state index contributed by atoms with van der Waals surface area (Å²) in [5.74, 6) is 1.85.